The van der Waals surface area contributed by atoms with E-state index in [1.54, 1.807) is 0 Å². The Hall–Kier alpha value is 0.400. The standard InChI is InChI=1S/C11H17OS2/c1-3-8-10(2)5-4-7(10)6-11(8,12)9(13)14/h3,7,9,13-14H,4-6H2,1-2H3/q-1/b8-3+/t7-,10+,11+/m1/s1. The molecule has 0 amide bonds. The van der Waals surface area contributed by atoms with Gasteiger partial charge in [0.25, 0.3) is 0 Å². The number of allylic oxidation sites excluding steroid dienone is 1. The van der Waals surface area contributed by atoms with Gasteiger partial charge in [0.2, 0.25) is 0 Å². The van der Waals surface area contributed by atoms with E-state index in [2.05, 4.69) is 32.2 Å². The second-order valence-corrected chi connectivity index (χ2v) is 6.26. The Labute approximate surface area is 96.8 Å². The van der Waals surface area contributed by atoms with Crippen LogP contribution in [0.15, 0.2) is 11.6 Å². The van der Waals surface area contributed by atoms with Gasteiger partial charge >= 0.3 is 0 Å². The molecule has 0 radical (unpaired) electrons. The van der Waals surface area contributed by atoms with Crippen molar-refractivity contribution in [3.05, 3.63) is 11.6 Å². The van der Waals surface area contributed by atoms with Gasteiger partial charge < -0.3 is 5.11 Å². The molecule has 14 heavy (non-hydrogen) atoms. The van der Waals surface area contributed by atoms with Crippen molar-refractivity contribution in [2.45, 2.75) is 43.3 Å². The van der Waals surface area contributed by atoms with Crippen LogP contribution in [-0.4, -0.2) is 10.2 Å². The van der Waals surface area contributed by atoms with Gasteiger partial charge in [-0.3, -0.25) is 0 Å². The van der Waals surface area contributed by atoms with Crippen molar-refractivity contribution in [2.24, 2.45) is 11.3 Å². The summed E-state index contributed by atoms with van der Waals surface area (Å²) in [5, 5.41) is 12.6. The zero-order valence-corrected chi connectivity index (χ0v) is 10.4. The highest BCUT2D eigenvalue weighted by molar-refractivity contribution is 7.99. The molecule has 0 aromatic carbocycles. The van der Waals surface area contributed by atoms with Gasteiger partial charge in [0.05, 0.1) is 0 Å². The fraction of sp³-hybridized carbons (Fsp3) is 0.818. The van der Waals surface area contributed by atoms with Crippen molar-refractivity contribution in [1.29, 1.82) is 0 Å². The van der Waals surface area contributed by atoms with Crippen molar-refractivity contribution >= 4 is 25.3 Å². The van der Waals surface area contributed by atoms with Crippen LogP contribution in [0.2, 0.25) is 0 Å². The molecule has 0 saturated heterocycles. The van der Waals surface area contributed by atoms with Crippen LogP contribution in [0.4, 0.5) is 0 Å². The van der Waals surface area contributed by atoms with Crippen LogP contribution >= 0.6 is 25.3 Å². The maximum absolute atomic E-state index is 12.6. The van der Waals surface area contributed by atoms with Gasteiger partial charge in [0, 0.05) is 4.58 Å². The first-order valence-electron chi connectivity index (χ1n) is 5.19. The number of rotatable bonds is 1. The van der Waals surface area contributed by atoms with Crippen LogP contribution in [-0.2, 0) is 0 Å². The molecule has 0 unspecified atom stereocenters. The molecule has 0 N–H and O–H groups in total. The smallest absolute Gasteiger partial charge is 0.0384 e. The predicted octanol–water partition coefficient (Wildman–Crippen LogP) is 2.04. The van der Waals surface area contributed by atoms with E-state index >= 15 is 0 Å². The summed E-state index contributed by atoms with van der Waals surface area (Å²) in [4.78, 5) is 0. The maximum Gasteiger partial charge on any atom is 0.0384 e. The van der Waals surface area contributed by atoms with Crippen LogP contribution in [0, 0.1) is 11.3 Å². The number of hydrogen-bond donors (Lipinski definition) is 2. The molecule has 2 rings (SSSR count). The third kappa shape index (κ3) is 1.15. The van der Waals surface area contributed by atoms with Gasteiger partial charge in [-0.15, -0.1) is 0 Å². The molecule has 2 saturated carbocycles. The SMILES string of the molecule is C/C=C1/[C@]([O-])(C(S)S)C[C@H]2CC[C@]12C. The lowest BCUT2D eigenvalue weighted by Crippen LogP contribution is -2.50. The molecule has 2 fully saturated rings. The fourth-order valence-electron chi connectivity index (χ4n) is 3.24. The third-order valence-corrected chi connectivity index (χ3v) is 5.07. The molecular weight excluding hydrogens is 212 g/mol. The minimum atomic E-state index is -1.03. The molecule has 0 aromatic heterocycles. The number of fused-ring (bicyclic) bond motifs is 1. The lowest BCUT2D eigenvalue weighted by molar-refractivity contribution is -0.456. The molecule has 1 nitrogen and oxygen atoms in total. The molecule has 0 spiro atoms. The van der Waals surface area contributed by atoms with Crippen LogP contribution in [0.3, 0.4) is 0 Å². The molecule has 3 heteroatoms. The van der Waals surface area contributed by atoms with Crippen molar-refractivity contribution in [3.8, 4) is 0 Å². The molecule has 2 aliphatic carbocycles. The quantitative estimate of drug-likeness (QED) is 0.401. The average molecular weight is 229 g/mol. The largest absolute Gasteiger partial charge is 0.845 e. The summed E-state index contributed by atoms with van der Waals surface area (Å²) in [6.45, 7) is 4.19. The molecule has 2 aliphatic rings. The lowest BCUT2D eigenvalue weighted by atomic mass is 9.61. The van der Waals surface area contributed by atoms with Crippen molar-refractivity contribution in [2.75, 3.05) is 0 Å². The van der Waals surface area contributed by atoms with Gasteiger partial charge in [-0.2, -0.15) is 25.3 Å². The summed E-state index contributed by atoms with van der Waals surface area (Å²) in [6.07, 6.45) is 5.09. The first-order chi connectivity index (χ1) is 6.45. The second kappa shape index (κ2) is 3.19. The fourth-order valence-corrected chi connectivity index (χ4v) is 3.73. The minimum Gasteiger partial charge on any atom is -0.845 e. The van der Waals surface area contributed by atoms with Crippen LogP contribution < -0.4 is 5.11 Å². The van der Waals surface area contributed by atoms with Gasteiger partial charge in [-0.1, -0.05) is 30.6 Å². The number of hydrogen-bond acceptors (Lipinski definition) is 3. The first-order valence-corrected chi connectivity index (χ1v) is 6.22. The third-order valence-electron chi connectivity index (χ3n) is 4.24. The van der Waals surface area contributed by atoms with Crippen LogP contribution in [0.5, 0.6) is 0 Å². The van der Waals surface area contributed by atoms with E-state index in [4.69, 9.17) is 0 Å². The summed E-state index contributed by atoms with van der Waals surface area (Å²) < 4.78 is -0.379. The van der Waals surface area contributed by atoms with E-state index in [0.717, 1.165) is 18.4 Å². The Balaban J connectivity index is 2.40. The van der Waals surface area contributed by atoms with Gasteiger partial charge in [0.15, 0.2) is 0 Å². The topological polar surface area (TPSA) is 23.1 Å². The van der Waals surface area contributed by atoms with Crippen LogP contribution in [0.25, 0.3) is 0 Å². The molecule has 3 atom stereocenters. The number of thiol groups is 2. The Kier molecular flexibility index (Phi) is 2.49. The Morgan fingerprint density at radius 2 is 2.21 bits per heavy atom. The van der Waals surface area contributed by atoms with E-state index in [0.29, 0.717) is 5.92 Å². The van der Waals surface area contributed by atoms with Crippen molar-refractivity contribution in [3.63, 3.8) is 0 Å². The Morgan fingerprint density at radius 3 is 2.57 bits per heavy atom. The van der Waals surface area contributed by atoms with Gasteiger partial charge in [0.1, 0.15) is 0 Å². The molecule has 0 aliphatic heterocycles. The second-order valence-electron chi connectivity index (χ2n) is 4.82. The summed E-state index contributed by atoms with van der Waals surface area (Å²) in [6, 6.07) is 0. The first kappa shape index (κ1) is 10.9. The van der Waals surface area contributed by atoms with E-state index < -0.39 is 5.60 Å². The zero-order chi connectivity index (χ0) is 10.6. The molecule has 0 heterocycles. The highest BCUT2D eigenvalue weighted by atomic mass is 32.2. The van der Waals surface area contributed by atoms with E-state index in [-0.39, 0.29) is 10.00 Å². The molecule has 80 valence electrons. The van der Waals surface area contributed by atoms with Gasteiger partial charge in [-0.25, -0.2) is 0 Å². The summed E-state index contributed by atoms with van der Waals surface area (Å²) in [5.41, 5.74) is 0.188. The zero-order valence-electron chi connectivity index (χ0n) is 8.66. The minimum absolute atomic E-state index is 0.167. The highest BCUT2D eigenvalue weighted by Crippen LogP contribution is 2.64. The monoisotopic (exact) mass is 229 g/mol. The van der Waals surface area contributed by atoms with Crippen molar-refractivity contribution < 1.29 is 5.11 Å². The van der Waals surface area contributed by atoms with E-state index in [1.807, 2.05) is 13.0 Å². The van der Waals surface area contributed by atoms with Crippen LogP contribution in [0.1, 0.15) is 33.1 Å². The van der Waals surface area contributed by atoms with Gasteiger partial charge in [-0.05, 0) is 31.1 Å². The summed E-state index contributed by atoms with van der Waals surface area (Å²) in [7, 11) is 0. The van der Waals surface area contributed by atoms with E-state index in [9.17, 15) is 5.11 Å². The van der Waals surface area contributed by atoms with E-state index in [1.165, 1.54) is 6.42 Å². The molecule has 0 bridgehead atoms. The maximum atomic E-state index is 12.6. The normalized spacial score (nSPS) is 49.6. The summed E-state index contributed by atoms with van der Waals surface area (Å²) >= 11 is 8.50. The summed E-state index contributed by atoms with van der Waals surface area (Å²) in [5.74, 6) is 0.577. The highest BCUT2D eigenvalue weighted by Gasteiger charge is 2.56. The Bertz CT molecular complexity index is 287. The predicted molar refractivity (Wildman–Crippen MR) is 63.7 cm³/mol. The molecular formula is C11H17OS2-. The van der Waals surface area contributed by atoms with Crippen molar-refractivity contribution in [1.82, 2.24) is 0 Å². The average Bonchev–Trinajstić information content (AvgIpc) is 2.26. The Morgan fingerprint density at radius 1 is 1.57 bits per heavy atom. The molecule has 0 aromatic rings. The lowest BCUT2D eigenvalue weighted by Gasteiger charge is -2.46.